The molecule has 0 unspecified atom stereocenters. The Kier molecular flexibility index (Phi) is 3.00. The summed E-state index contributed by atoms with van der Waals surface area (Å²) >= 11 is 0. The van der Waals surface area contributed by atoms with E-state index in [0.29, 0.717) is 0 Å². The molecule has 11 heavy (non-hydrogen) atoms. The summed E-state index contributed by atoms with van der Waals surface area (Å²) in [6.07, 6.45) is -0.475. The largest absolute Gasteiger partial charge is 0.290 e. The predicted molar refractivity (Wildman–Crippen MR) is 36.6 cm³/mol. The van der Waals surface area contributed by atoms with E-state index in [4.69, 9.17) is 9.11 Å². The van der Waals surface area contributed by atoms with E-state index >= 15 is 0 Å². The van der Waals surface area contributed by atoms with Crippen LogP contribution in [0.1, 0.15) is 13.3 Å². The maximum Gasteiger partial charge on any atom is 0.290 e. The van der Waals surface area contributed by atoms with E-state index in [1.54, 1.807) is 0 Å². The van der Waals surface area contributed by atoms with Crippen LogP contribution in [-0.2, 0) is 20.2 Å². The van der Waals surface area contributed by atoms with E-state index in [1.165, 1.54) is 6.92 Å². The van der Waals surface area contributed by atoms with E-state index in [0.717, 1.165) is 0 Å². The van der Waals surface area contributed by atoms with Gasteiger partial charge in [0.25, 0.3) is 24.8 Å². The highest BCUT2D eigenvalue weighted by Gasteiger charge is 2.35. The second-order valence-corrected chi connectivity index (χ2v) is 4.82. The van der Waals surface area contributed by atoms with Gasteiger partial charge in [-0.3, -0.25) is 9.11 Å². The smallest absolute Gasteiger partial charge is 0.284 e. The molecule has 0 aromatic carbocycles. The zero-order chi connectivity index (χ0) is 9.28. The molecule has 8 heteroatoms. The van der Waals surface area contributed by atoms with Crippen molar-refractivity contribution < 1.29 is 25.9 Å². The molecule has 0 saturated carbocycles. The van der Waals surface area contributed by atoms with Crippen molar-refractivity contribution >= 4 is 20.2 Å². The topological polar surface area (TPSA) is 109 Å². The lowest BCUT2D eigenvalue weighted by Gasteiger charge is -2.04. The molecule has 6 nitrogen and oxygen atoms in total. The zero-order valence-electron chi connectivity index (χ0n) is 5.55. The summed E-state index contributed by atoms with van der Waals surface area (Å²) in [6, 6.07) is 0. The highest BCUT2D eigenvalue weighted by molar-refractivity contribution is 8.07. The Morgan fingerprint density at radius 2 is 1.36 bits per heavy atom. The van der Waals surface area contributed by atoms with Crippen LogP contribution in [0.3, 0.4) is 0 Å². The quantitative estimate of drug-likeness (QED) is 0.607. The molecule has 0 saturated heterocycles. The summed E-state index contributed by atoms with van der Waals surface area (Å²) in [5.74, 6) is 0. The van der Waals surface area contributed by atoms with E-state index in [2.05, 4.69) is 0 Å². The Hall–Kier alpha value is -0.180. The fourth-order valence-electron chi connectivity index (χ4n) is 0.498. The van der Waals surface area contributed by atoms with Crippen molar-refractivity contribution in [3.63, 3.8) is 0 Å². The first-order chi connectivity index (χ1) is 4.69. The molecule has 0 aliphatic rings. The molecule has 0 aliphatic heterocycles. The first-order valence-corrected chi connectivity index (χ1v) is 5.38. The van der Waals surface area contributed by atoms with E-state index in [1.807, 2.05) is 0 Å². The van der Waals surface area contributed by atoms with E-state index in [9.17, 15) is 16.8 Å². The SMILES string of the molecule is CC[C](S(=O)(=O)O)S(=O)(=O)O. The highest BCUT2D eigenvalue weighted by atomic mass is 32.3. The number of hydrogen-bond acceptors (Lipinski definition) is 4. The molecule has 0 fully saturated rings. The molecule has 2 N–H and O–H groups in total. The van der Waals surface area contributed by atoms with Gasteiger partial charge in [0, 0.05) is 0 Å². The van der Waals surface area contributed by atoms with Crippen LogP contribution < -0.4 is 0 Å². The number of rotatable bonds is 3. The average molecular weight is 203 g/mol. The minimum atomic E-state index is -4.79. The van der Waals surface area contributed by atoms with Gasteiger partial charge in [-0.1, -0.05) is 6.92 Å². The van der Waals surface area contributed by atoms with Crippen LogP contribution in [-0.4, -0.2) is 25.9 Å². The third kappa shape index (κ3) is 3.14. The summed E-state index contributed by atoms with van der Waals surface area (Å²) in [5.41, 5.74) is 0. The third-order valence-electron chi connectivity index (χ3n) is 0.864. The standard InChI is InChI=1S/C3H7O6S2/c1-2-3(10(4,5)6)11(7,8)9/h2H2,1H3,(H,4,5,6)(H,7,8,9). The molecular formula is C3H7O6S2. The second kappa shape index (κ2) is 3.05. The Labute approximate surface area is 64.7 Å². The van der Waals surface area contributed by atoms with Crippen LogP contribution in [0.15, 0.2) is 0 Å². The highest BCUT2D eigenvalue weighted by Crippen LogP contribution is 2.18. The van der Waals surface area contributed by atoms with Gasteiger partial charge in [-0.15, -0.1) is 0 Å². The normalized spacial score (nSPS) is 13.8. The van der Waals surface area contributed by atoms with Crippen LogP contribution in [0.2, 0.25) is 0 Å². The van der Waals surface area contributed by atoms with Gasteiger partial charge < -0.3 is 0 Å². The maximum absolute atomic E-state index is 10.2. The molecule has 0 atom stereocenters. The molecule has 0 heterocycles. The van der Waals surface area contributed by atoms with E-state index in [-0.39, 0.29) is 0 Å². The van der Waals surface area contributed by atoms with Gasteiger partial charge in [-0.2, -0.15) is 16.8 Å². The van der Waals surface area contributed by atoms with Gasteiger partial charge >= 0.3 is 0 Å². The van der Waals surface area contributed by atoms with Crippen molar-refractivity contribution in [2.75, 3.05) is 0 Å². The molecular weight excluding hydrogens is 196 g/mol. The Bertz CT molecular complexity index is 278. The summed E-state index contributed by atoms with van der Waals surface area (Å²) in [6.45, 7) is 1.18. The minimum absolute atomic E-state index is 0.475. The van der Waals surface area contributed by atoms with Crippen LogP contribution in [0.5, 0.6) is 0 Å². The Balaban J connectivity index is 5.05. The number of hydrogen-bond donors (Lipinski definition) is 2. The summed E-state index contributed by atoms with van der Waals surface area (Å²) in [5, 5.41) is 0. The van der Waals surface area contributed by atoms with Gasteiger partial charge in [0.05, 0.1) is 0 Å². The molecule has 1 radical (unpaired) electrons. The van der Waals surface area contributed by atoms with Crippen molar-refractivity contribution in [3.05, 3.63) is 4.58 Å². The molecule has 0 rings (SSSR count). The fourth-order valence-corrected chi connectivity index (χ4v) is 2.29. The van der Waals surface area contributed by atoms with Gasteiger partial charge in [0.1, 0.15) is 0 Å². The molecule has 0 aromatic rings. The first-order valence-electron chi connectivity index (χ1n) is 2.50. The van der Waals surface area contributed by atoms with Gasteiger partial charge in [-0.05, 0) is 6.42 Å². The van der Waals surface area contributed by atoms with Crippen molar-refractivity contribution in [2.24, 2.45) is 0 Å². The van der Waals surface area contributed by atoms with Gasteiger partial charge in [0.2, 0.25) is 0 Å². The maximum atomic E-state index is 10.2. The second-order valence-electron chi connectivity index (χ2n) is 1.68. The van der Waals surface area contributed by atoms with Crippen molar-refractivity contribution in [2.45, 2.75) is 13.3 Å². The minimum Gasteiger partial charge on any atom is -0.284 e. The lowest BCUT2D eigenvalue weighted by Crippen LogP contribution is -2.20. The molecule has 0 bridgehead atoms. The molecule has 0 aromatic heterocycles. The predicted octanol–water partition coefficient (Wildman–Crippen LogP) is -0.339. The molecule has 0 spiro atoms. The molecule has 0 amide bonds. The first kappa shape index (κ1) is 10.8. The molecule has 67 valence electrons. The van der Waals surface area contributed by atoms with Crippen molar-refractivity contribution in [3.8, 4) is 0 Å². The summed E-state index contributed by atoms with van der Waals surface area (Å²) in [7, 11) is -9.59. The van der Waals surface area contributed by atoms with Crippen molar-refractivity contribution in [1.82, 2.24) is 0 Å². The summed E-state index contributed by atoms with van der Waals surface area (Å²) in [4.78, 5) is 0. The summed E-state index contributed by atoms with van der Waals surface area (Å²) < 4.78 is 55.9. The van der Waals surface area contributed by atoms with Crippen LogP contribution in [0.4, 0.5) is 0 Å². The fraction of sp³-hybridized carbons (Fsp3) is 0.667. The van der Waals surface area contributed by atoms with Crippen LogP contribution >= 0.6 is 0 Å². The zero-order valence-corrected chi connectivity index (χ0v) is 7.18. The Morgan fingerprint density at radius 3 is 1.36 bits per heavy atom. The van der Waals surface area contributed by atoms with E-state index < -0.39 is 31.2 Å². The Morgan fingerprint density at radius 1 is 1.09 bits per heavy atom. The van der Waals surface area contributed by atoms with Crippen LogP contribution in [0, 0.1) is 4.58 Å². The van der Waals surface area contributed by atoms with Crippen LogP contribution in [0.25, 0.3) is 0 Å². The van der Waals surface area contributed by atoms with Crippen molar-refractivity contribution in [1.29, 1.82) is 0 Å². The monoisotopic (exact) mass is 203 g/mol. The van der Waals surface area contributed by atoms with Gasteiger partial charge in [-0.25, -0.2) is 0 Å². The molecule has 0 aliphatic carbocycles. The lowest BCUT2D eigenvalue weighted by molar-refractivity contribution is 0.468. The third-order valence-corrected chi connectivity index (χ3v) is 3.86. The lowest BCUT2D eigenvalue weighted by atomic mass is 10.6. The van der Waals surface area contributed by atoms with Gasteiger partial charge in [0.15, 0.2) is 0 Å². The average Bonchev–Trinajstić information content (AvgIpc) is 1.56.